The Kier molecular flexibility index (Phi) is 6.54. The number of hydrogen-bond acceptors (Lipinski definition) is 15. The first-order valence-corrected chi connectivity index (χ1v) is 15.7. The van der Waals surface area contributed by atoms with Crippen molar-refractivity contribution in [1.82, 2.24) is 0 Å². The second-order valence-electron chi connectivity index (χ2n) is 12.4. The molecule has 268 valence electrons. The monoisotopic (exact) mass is 722 g/mol. The minimum atomic E-state index is -1.32. The first-order valence-electron chi connectivity index (χ1n) is 15.7. The van der Waals surface area contributed by atoms with E-state index in [2.05, 4.69) is 0 Å². The van der Waals surface area contributed by atoms with Gasteiger partial charge in [-0.1, -0.05) is 37.3 Å². The maximum atomic E-state index is 12.5. The van der Waals surface area contributed by atoms with Crippen molar-refractivity contribution in [3.8, 4) is 103 Å². The van der Waals surface area contributed by atoms with Gasteiger partial charge in [-0.15, -0.1) is 0 Å². The molecule has 53 heavy (non-hydrogen) atoms. The molecule has 0 fully saturated rings. The molecule has 8 aromatic rings. The molecule has 1 aromatic heterocycles. The highest BCUT2D eigenvalue weighted by Gasteiger charge is 2.36. The molecular weight excluding hydrogens is 696 g/mol. The van der Waals surface area contributed by atoms with Gasteiger partial charge in [-0.3, -0.25) is 0 Å². The first kappa shape index (κ1) is 32.5. The summed E-state index contributed by atoms with van der Waals surface area (Å²) in [5.41, 5.74) is -2.01. The summed E-state index contributed by atoms with van der Waals surface area (Å²) in [5.74, 6) is -14.7. The number of rotatable bonds is 3. The SMILES string of the molecule is CCc1c(O)c(O)c(O)c2oc3c4c(O)c(O)c(O)c(O)c4c(-c4c5c(O)c(O)c(O)cc5c(-c5ccccc5)c5cc(O)c(O)c(O)c45)c(O)c3c12. The smallest absolute Gasteiger partial charge is 0.205 e. The summed E-state index contributed by atoms with van der Waals surface area (Å²) >= 11 is 0. The van der Waals surface area contributed by atoms with Gasteiger partial charge in [0.25, 0.3) is 0 Å². The number of hydrogen-bond donors (Lipinski definition) is 14. The average molecular weight is 723 g/mol. The molecule has 1 heterocycles. The van der Waals surface area contributed by atoms with Gasteiger partial charge in [0.1, 0.15) is 5.75 Å². The van der Waals surface area contributed by atoms with Crippen LogP contribution in [0.1, 0.15) is 12.5 Å². The normalized spacial score (nSPS) is 11.9. The van der Waals surface area contributed by atoms with Crippen molar-refractivity contribution >= 4 is 54.3 Å². The molecule has 7 aromatic carbocycles. The van der Waals surface area contributed by atoms with Gasteiger partial charge in [-0.25, -0.2) is 0 Å². The van der Waals surface area contributed by atoms with Crippen molar-refractivity contribution in [2.24, 2.45) is 0 Å². The highest BCUT2D eigenvalue weighted by Crippen LogP contribution is 2.64. The van der Waals surface area contributed by atoms with E-state index in [1.807, 2.05) is 0 Å². The molecule has 0 aliphatic carbocycles. The summed E-state index contributed by atoms with van der Waals surface area (Å²) in [6.07, 6.45) is -0.0742. The molecule has 15 heteroatoms. The largest absolute Gasteiger partial charge is 0.506 e. The minimum absolute atomic E-state index is 0.0742. The number of fused-ring (bicyclic) bond motifs is 7. The lowest BCUT2D eigenvalue weighted by Gasteiger charge is -2.23. The maximum Gasteiger partial charge on any atom is 0.205 e. The number of furan rings is 1. The maximum absolute atomic E-state index is 12.5. The van der Waals surface area contributed by atoms with E-state index in [-0.39, 0.29) is 33.7 Å². The Hall–Kier alpha value is -7.68. The van der Waals surface area contributed by atoms with Gasteiger partial charge in [-0.05, 0) is 40.5 Å². The van der Waals surface area contributed by atoms with Gasteiger partial charge >= 0.3 is 0 Å². The van der Waals surface area contributed by atoms with Crippen LogP contribution >= 0.6 is 0 Å². The molecule has 0 atom stereocenters. The van der Waals surface area contributed by atoms with E-state index in [9.17, 15) is 71.5 Å². The third-order valence-corrected chi connectivity index (χ3v) is 9.72. The van der Waals surface area contributed by atoms with E-state index in [4.69, 9.17) is 4.42 Å². The van der Waals surface area contributed by atoms with Crippen LogP contribution < -0.4 is 0 Å². The molecule has 0 radical (unpaired) electrons. The van der Waals surface area contributed by atoms with E-state index >= 15 is 0 Å². The summed E-state index contributed by atoms with van der Waals surface area (Å²) in [4.78, 5) is 0. The lowest BCUT2D eigenvalue weighted by atomic mass is 9.82. The van der Waals surface area contributed by atoms with E-state index in [1.165, 1.54) is 0 Å². The van der Waals surface area contributed by atoms with Gasteiger partial charge in [0, 0.05) is 38.2 Å². The van der Waals surface area contributed by atoms with Crippen LogP contribution in [0.3, 0.4) is 0 Å². The average Bonchev–Trinajstić information content (AvgIpc) is 3.54. The number of aryl methyl sites for hydroxylation is 1. The number of phenolic OH excluding ortho intramolecular Hbond substituents is 14. The van der Waals surface area contributed by atoms with Crippen molar-refractivity contribution in [2.45, 2.75) is 13.3 Å². The quantitative estimate of drug-likeness (QED) is 0.0505. The standard InChI is InChI=1S/C38H26O15/c1-2-11-19-23-28(44)21(22-24(32(48)35(51)34(50)31(22)47)37(23)53-38(19)36(52)33(49)25(11)41)20-17-12(8-14(39)26(42)29(17)45)16(10-6-4-3-5-7-10)13-9-15(40)27(43)30(46)18(13)20/h3-9,39-52H,2H2,1H3. The summed E-state index contributed by atoms with van der Waals surface area (Å²) < 4.78 is 5.86. The zero-order valence-electron chi connectivity index (χ0n) is 26.9. The van der Waals surface area contributed by atoms with Crippen molar-refractivity contribution in [3.63, 3.8) is 0 Å². The Morgan fingerprint density at radius 3 is 1.40 bits per heavy atom. The van der Waals surface area contributed by atoms with Gasteiger partial charge in [0.05, 0.1) is 10.8 Å². The van der Waals surface area contributed by atoms with Crippen molar-refractivity contribution < 1.29 is 75.9 Å². The first-order chi connectivity index (χ1) is 25.1. The molecule has 0 spiro atoms. The Morgan fingerprint density at radius 1 is 0.396 bits per heavy atom. The number of aromatic hydroxyl groups is 14. The summed E-state index contributed by atoms with van der Waals surface area (Å²) in [6, 6.07) is 10.2. The van der Waals surface area contributed by atoms with Gasteiger partial charge < -0.3 is 75.9 Å². The predicted octanol–water partition coefficient (Wildman–Crippen LogP) is 6.82. The Labute approximate surface area is 294 Å². The Balaban J connectivity index is 1.80. The molecule has 0 saturated carbocycles. The van der Waals surface area contributed by atoms with Gasteiger partial charge in [0.15, 0.2) is 51.4 Å². The van der Waals surface area contributed by atoms with Crippen molar-refractivity contribution in [1.29, 1.82) is 0 Å². The van der Waals surface area contributed by atoms with Crippen LogP contribution in [0, 0.1) is 0 Å². The van der Waals surface area contributed by atoms with Crippen molar-refractivity contribution in [2.75, 3.05) is 0 Å². The molecule has 0 bridgehead atoms. The molecule has 15 nitrogen and oxygen atoms in total. The highest BCUT2D eigenvalue weighted by atomic mass is 16.4. The van der Waals surface area contributed by atoms with Crippen LogP contribution in [0.15, 0.2) is 46.9 Å². The van der Waals surface area contributed by atoms with Crippen LogP contribution in [0.5, 0.6) is 80.5 Å². The fraction of sp³-hybridized carbons (Fsp3) is 0.0526. The van der Waals surface area contributed by atoms with Gasteiger partial charge in [-0.2, -0.15) is 0 Å². The van der Waals surface area contributed by atoms with Crippen LogP contribution in [0.25, 0.3) is 76.5 Å². The topological polar surface area (TPSA) is 296 Å². The minimum Gasteiger partial charge on any atom is -0.506 e. The number of phenols is 14. The molecule has 0 aliphatic rings. The predicted molar refractivity (Wildman–Crippen MR) is 190 cm³/mol. The molecule has 0 aliphatic heterocycles. The third-order valence-electron chi connectivity index (χ3n) is 9.72. The second kappa shape index (κ2) is 10.7. The lowest BCUT2D eigenvalue weighted by molar-refractivity contribution is 0.350. The zero-order valence-corrected chi connectivity index (χ0v) is 26.9. The fourth-order valence-electron chi connectivity index (χ4n) is 7.39. The molecule has 0 amide bonds. The highest BCUT2D eigenvalue weighted by molar-refractivity contribution is 6.34. The van der Waals surface area contributed by atoms with Gasteiger partial charge in [0.2, 0.25) is 34.5 Å². The summed E-state index contributed by atoms with van der Waals surface area (Å²) in [6.45, 7) is 1.54. The second-order valence-corrected chi connectivity index (χ2v) is 12.4. The fourth-order valence-corrected chi connectivity index (χ4v) is 7.39. The van der Waals surface area contributed by atoms with Crippen molar-refractivity contribution in [3.05, 3.63) is 48.0 Å². The zero-order chi connectivity index (χ0) is 38.1. The van der Waals surface area contributed by atoms with Crippen LogP contribution in [0.4, 0.5) is 0 Å². The molecule has 0 unspecified atom stereocenters. The molecule has 0 saturated heterocycles. The number of benzene rings is 7. The Morgan fingerprint density at radius 2 is 0.868 bits per heavy atom. The lowest BCUT2D eigenvalue weighted by Crippen LogP contribution is -1.95. The summed E-state index contributed by atoms with van der Waals surface area (Å²) in [7, 11) is 0. The molecule has 14 N–H and O–H groups in total. The molecule has 8 rings (SSSR count). The third kappa shape index (κ3) is 3.92. The van der Waals surface area contributed by atoms with Crippen LogP contribution in [-0.4, -0.2) is 71.5 Å². The van der Waals surface area contributed by atoms with E-state index in [0.29, 0.717) is 5.56 Å². The molecular formula is C38H26O15. The van der Waals surface area contributed by atoms with Crippen LogP contribution in [-0.2, 0) is 6.42 Å². The van der Waals surface area contributed by atoms with E-state index in [0.717, 1.165) is 12.1 Å². The summed E-state index contributed by atoms with van der Waals surface area (Å²) in [5, 5.41) is 153. The Bertz CT molecular complexity index is 2890. The van der Waals surface area contributed by atoms with Crippen LogP contribution in [0.2, 0.25) is 0 Å². The van der Waals surface area contributed by atoms with E-state index < -0.39 is 130 Å². The van der Waals surface area contributed by atoms with E-state index in [1.54, 1.807) is 37.3 Å².